The number of hydrogen-bond donors (Lipinski definition) is 2. The van der Waals surface area contributed by atoms with E-state index in [1.165, 1.54) is 37.7 Å². The van der Waals surface area contributed by atoms with E-state index >= 15 is 0 Å². The van der Waals surface area contributed by atoms with E-state index in [0.29, 0.717) is 28.1 Å². The first kappa shape index (κ1) is 41.6. The SMILES string of the molecule is CC(CSCCO)CC1(C)C(C)C1(C)CC1(C)CC1(C)c1cc(C(C)(C)C)cc(C2(C)CC2(C)CC(C)(C)C(C)(C)C(C)CSCCO)c1. The van der Waals surface area contributed by atoms with E-state index in [1.54, 1.807) is 11.1 Å². The normalized spacial score (nSPS) is 37.2. The summed E-state index contributed by atoms with van der Waals surface area (Å²) in [6, 6.07) is 7.88. The van der Waals surface area contributed by atoms with Crippen molar-refractivity contribution in [2.24, 2.45) is 50.2 Å². The van der Waals surface area contributed by atoms with E-state index in [0.717, 1.165) is 28.9 Å². The Kier molecular flexibility index (Phi) is 11.5. The Hall–Kier alpha value is -0.160. The van der Waals surface area contributed by atoms with Gasteiger partial charge in [-0.25, -0.2) is 0 Å². The molecule has 1 aromatic carbocycles. The van der Waals surface area contributed by atoms with Gasteiger partial charge in [0.1, 0.15) is 0 Å². The fraction of sp³-hybridized carbons (Fsp3) is 0.867. The molecule has 3 aliphatic rings. The predicted octanol–water partition coefficient (Wildman–Crippen LogP) is 11.9. The molecule has 2 nitrogen and oxygen atoms in total. The summed E-state index contributed by atoms with van der Waals surface area (Å²) in [7, 11) is 0. The van der Waals surface area contributed by atoms with Crippen LogP contribution in [0.2, 0.25) is 0 Å². The maximum atomic E-state index is 9.36. The summed E-state index contributed by atoms with van der Waals surface area (Å²) in [5, 5.41) is 18.6. The first-order valence-corrected chi connectivity index (χ1v) is 22.1. The van der Waals surface area contributed by atoms with Gasteiger partial charge in [0.25, 0.3) is 0 Å². The summed E-state index contributed by atoms with van der Waals surface area (Å²) < 4.78 is 0. The van der Waals surface area contributed by atoms with Gasteiger partial charge in [-0.2, -0.15) is 23.5 Å². The molecule has 49 heavy (non-hydrogen) atoms. The van der Waals surface area contributed by atoms with Crippen LogP contribution in [0.3, 0.4) is 0 Å². The second kappa shape index (κ2) is 13.6. The molecule has 4 heteroatoms. The zero-order valence-corrected chi connectivity index (χ0v) is 36.6. The maximum absolute atomic E-state index is 9.36. The standard InChI is InChI=1S/C45H78O2S2/c1-31(25-48-19-17-46)24-42(13)33(3)43(42,14)28-41(12)30-45(41,16)36-22-34(37(4,5)6)21-35(23-36)44(15)29-40(44,11)27-38(7,8)39(9,10)32(2)26-49-20-18-47/h21-23,31-33,46-47H,17-20,24-30H2,1-16H3. The first-order valence-electron chi connectivity index (χ1n) is 19.8. The second-order valence-corrected chi connectivity index (χ2v) is 23.8. The quantitative estimate of drug-likeness (QED) is 0.149. The highest BCUT2D eigenvalue weighted by Crippen LogP contribution is 2.80. The molecule has 0 aliphatic heterocycles. The fourth-order valence-electron chi connectivity index (χ4n) is 10.9. The van der Waals surface area contributed by atoms with Gasteiger partial charge in [-0.15, -0.1) is 0 Å². The molecule has 0 spiro atoms. The van der Waals surface area contributed by atoms with Crippen molar-refractivity contribution in [3.8, 4) is 0 Å². The van der Waals surface area contributed by atoms with E-state index < -0.39 is 0 Å². The summed E-state index contributed by atoms with van der Waals surface area (Å²) in [6.07, 6.45) is 6.39. The lowest BCUT2D eigenvalue weighted by atomic mass is 9.58. The molecule has 3 fully saturated rings. The molecular weight excluding hydrogens is 637 g/mol. The number of rotatable bonds is 18. The van der Waals surface area contributed by atoms with Crippen LogP contribution in [0.25, 0.3) is 0 Å². The third-order valence-electron chi connectivity index (χ3n) is 16.7. The summed E-state index contributed by atoms with van der Waals surface area (Å²) in [6.45, 7) is 40.8. The highest BCUT2D eigenvalue weighted by Gasteiger charge is 2.74. The molecule has 0 aromatic heterocycles. The molecular formula is C45H78O2S2. The summed E-state index contributed by atoms with van der Waals surface area (Å²) in [4.78, 5) is 0. The third-order valence-corrected chi connectivity index (χ3v) is 19.2. The van der Waals surface area contributed by atoms with Gasteiger partial charge in [0.05, 0.1) is 13.2 Å². The minimum absolute atomic E-state index is 0.108. The van der Waals surface area contributed by atoms with Crippen LogP contribution in [0, 0.1) is 50.2 Å². The molecule has 4 rings (SSSR count). The maximum Gasteiger partial charge on any atom is 0.0521 e. The van der Waals surface area contributed by atoms with Crippen LogP contribution in [0.1, 0.15) is 160 Å². The van der Waals surface area contributed by atoms with Gasteiger partial charge in [0.2, 0.25) is 0 Å². The topological polar surface area (TPSA) is 40.5 Å². The van der Waals surface area contributed by atoms with Crippen LogP contribution in [0.4, 0.5) is 0 Å². The molecule has 0 heterocycles. The summed E-state index contributed by atoms with van der Waals surface area (Å²) in [5.41, 5.74) is 6.96. The first-order chi connectivity index (χ1) is 22.2. The average molecular weight is 715 g/mol. The number of aliphatic hydroxyl groups is 2. The predicted molar refractivity (Wildman–Crippen MR) is 219 cm³/mol. The van der Waals surface area contributed by atoms with Crippen LogP contribution in [0.15, 0.2) is 18.2 Å². The van der Waals surface area contributed by atoms with Gasteiger partial charge >= 0.3 is 0 Å². The molecule has 0 amide bonds. The molecule has 0 bridgehead atoms. The zero-order chi connectivity index (χ0) is 37.3. The summed E-state index contributed by atoms with van der Waals surface area (Å²) >= 11 is 3.82. The lowest BCUT2D eigenvalue weighted by Gasteiger charge is -2.48. The highest BCUT2D eigenvalue weighted by molar-refractivity contribution is 7.99. The van der Waals surface area contributed by atoms with Crippen molar-refractivity contribution in [1.29, 1.82) is 0 Å². The Labute approximate surface area is 312 Å². The molecule has 0 radical (unpaired) electrons. The monoisotopic (exact) mass is 715 g/mol. The minimum atomic E-state index is 0.108. The Morgan fingerprint density at radius 1 is 0.735 bits per heavy atom. The van der Waals surface area contributed by atoms with Crippen molar-refractivity contribution in [1.82, 2.24) is 0 Å². The van der Waals surface area contributed by atoms with Gasteiger partial charge in [0.15, 0.2) is 0 Å². The van der Waals surface area contributed by atoms with Crippen LogP contribution in [-0.4, -0.2) is 46.4 Å². The Balaban J connectivity index is 1.58. The molecule has 9 atom stereocenters. The number of thioether (sulfide) groups is 2. The van der Waals surface area contributed by atoms with Gasteiger partial charge < -0.3 is 10.2 Å². The van der Waals surface area contributed by atoms with Crippen LogP contribution >= 0.6 is 23.5 Å². The smallest absolute Gasteiger partial charge is 0.0521 e. The summed E-state index contributed by atoms with van der Waals surface area (Å²) in [5.74, 6) is 5.99. The van der Waals surface area contributed by atoms with Gasteiger partial charge in [-0.3, -0.25) is 0 Å². The van der Waals surface area contributed by atoms with Crippen molar-refractivity contribution in [3.05, 3.63) is 34.9 Å². The Morgan fingerprint density at radius 2 is 1.22 bits per heavy atom. The average Bonchev–Trinajstić information content (AvgIpc) is 3.84. The molecule has 3 aliphatic carbocycles. The molecule has 2 N–H and O–H groups in total. The second-order valence-electron chi connectivity index (χ2n) is 21.5. The third kappa shape index (κ3) is 7.36. The Bertz CT molecular complexity index is 1330. The minimum Gasteiger partial charge on any atom is -0.396 e. The fourth-order valence-corrected chi connectivity index (χ4v) is 12.8. The lowest BCUT2D eigenvalue weighted by Crippen LogP contribution is -2.41. The van der Waals surface area contributed by atoms with Crippen molar-refractivity contribution >= 4 is 23.5 Å². The molecule has 3 saturated carbocycles. The van der Waals surface area contributed by atoms with Gasteiger partial charge in [-0.05, 0) is 127 Å². The van der Waals surface area contributed by atoms with E-state index in [-0.39, 0.29) is 45.7 Å². The van der Waals surface area contributed by atoms with Crippen LogP contribution < -0.4 is 0 Å². The van der Waals surface area contributed by atoms with E-state index in [4.69, 9.17) is 0 Å². The van der Waals surface area contributed by atoms with Crippen molar-refractivity contribution in [3.63, 3.8) is 0 Å². The van der Waals surface area contributed by atoms with E-state index in [9.17, 15) is 10.2 Å². The molecule has 9 unspecified atom stereocenters. The molecule has 1 aromatic rings. The Morgan fingerprint density at radius 3 is 1.73 bits per heavy atom. The van der Waals surface area contributed by atoms with Crippen molar-refractivity contribution in [2.75, 3.05) is 36.2 Å². The molecule has 0 saturated heterocycles. The van der Waals surface area contributed by atoms with Crippen molar-refractivity contribution in [2.45, 2.75) is 159 Å². The zero-order valence-electron chi connectivity index (χ0n) is 35.0. The van der Waals surface area contributed by atoms with Gasteiger partial charge in [-0.1, -0.05) is 129 Å². The van der Waals surface area contributed by atoms with Crippen LogP contribution in [-0.2, 0) is 16.2 Å². The largest absolute Gasteiger partial charge is 0.396 e. The van der Waals surface area contributed by atoms with E-state index in [2.05, 4.69) is 129 Å². The van der Waals surface area contributed by atoms with E-state index in [1.807, 2.05) is 23.5 Å². The number of aliphatic hydroxyl groups excluding tert-OH is 2. The van der Waals surface area contributed by atoms with Crippen molar-refractivity contribution < 1.29 is 10.2 Å². The number of benzene rings is 1. The van der Waals surface area contributed by atoms with Gasteiger partial charge in [0, 0.05) is 11.5 Å². The number of hydrogen-bond acceptors (Lipinski definition) is 4. The lowest BCUT2D eigenvalue weighted by molar-refractivity contribution is 0.0285. The highest BCUT2D eigenvalue weighted by atomic mass is 32.2. The van der Waals surface area contributed by atoms with Crippen LogP contribution in [0.5, 0.6) is 0 Å². The molecule has 282 valence electrons.